The van der Waals surface area contributed by atoms with Crippen molar-refractivity contribution in [3.05, 3.63) is 81.9 Å². The number of aryl methyl sites for hydroxylation is 2. The maximum absolute atomic E-state index is 12.0. The van der Waals surface area contributed by atoms with Gasteiger partial charge in [-0.15, -0.1) is 0 Å². The molecule has 0 spiro atoms. The Morgan fingerprint density at radius 1 is 0.628 bits per heavy atom. The molecular weight excluding hydrogens is 542 g/mol. The molecule has 0 bridgehead atoms. The second-order valence-electron chi connectivity index (χ2n) is 11.8. The van der Waals surface area contributed by atoms with Gasteiger partial charge in [-0.1, -0.05) is 70.2 Å². The summed E-state index contributed by atoms with van der Waals surface area (Å²) in [4.78, 5) is 4.52. The van der Waals surface area contributed by atoms with Crippen molar-refractivity contribution in [1.29, 1.82) is 0 Å². The monoisotopic (exact) mass is 579 g/mol. The number of phenolic OH excluding ortho intramolecular Hbond substituents is 6. The van der Waals surface area contributed by atoms with Crippen LogP contribution in [0, 0.1) is 13.8 Å². The first-order valence-electron chi connectivity index (χ1n) is 14.3. The highest BCUT2D eigenvalue weighted by atomic mass is 16.3. The third-order valence-electron chi connectivity index (χ3n) is 8.14. The fraction of sp³-hybridized carbons (Fsp3) is 0.250. The lowest BCUT2D eigenvalue weighted by molar-refractivity contribution is 0.398. The van der Waals surface area contributed by atoms with Crippen LogP contribution in [0.4, 0.5) is 0 Å². The van der Waals surface area contributed by atoms with Crippen LogP contribution in [0.25, 0.3) is 32.7 Å². The molecule has 0 amide bonds. The largest absolute Gasteiger partial charge is 0.507 e. The molecular formula is C36H37NO6. The summed E-state index contributed by atoms with van der Waals surface area (Å²) < 4.78 is 0. The topological polar surface area (TPSA) is 134 Å². The maximum Gasteiger partial charge on any atom is 0.167 e. The molecule has 222 valence electrons. The molecule has 5 aromatic rings. The maximum atomic E-state index is 12.0. The zero-order valence-corrected chi connectivity index (χ0v) is 25.2. The Balaban J connectivity index is 1.85. The molecule has 0 unspecified atom stereocenters. The number of fused-ring (bicyclic) bond motifs is 2. The number of hydrogen-bond acceptors (Lipinski definition) is 7. The van der Waals surface area contributed by atoms with E-state index in [4.69, 9.17) is 0 Å². The molecule has 0 heterocycles. The van der Waals surface area contributed by atoms with Crippen LogP contribution >= 0.6 is 0 Å². The van der Waals surface area contributed by atoms with Crippen LogP contribution in [0.15, 0.2) is 53.5 Å². The van der Waals surface area contributed by atoms with Crippen LogP contribution in [0.1, 0.15) is 72.9 Å². The van der Waals surface area contributed by atoms with Gasteiger partial charge in [0.2, 0.25) is 0 Å². The highest BCUT2D eigenvalue weighted by Crippen LogP contribution is 2.53. The number of nitrogens with zero attached hydrogens (tertiary/aromatic N) is 1. The Hall–Kier alpha value is -4.91. The molecule has 7 nitrogen and oxygen atoms in total. The Morgan fingerprint density at radius 2 is 1.19 bits per heavy atom. The standard InChI is InChI=1S/C36H37NO6/c1-17(2)27-22-12-19(5)29(32(39)23(22)14-26(38)34(27)41)30-20(6)13-24-28(18(3)4)36(43)33(40)25(31(24)35(30)42)16-37-15-21-10-8-7-9-11-21/h7-14,16-18,38-43H,15H2,1-6H3/b37-16+. The van der Waals surface area contributed by atoms with Crippen LogP contribution in [0.2, 0.25) is 0 Å². The van der Waals surface area contributed by atoms with E-state index >= 15 is 0 Å². The molecule has 0 saturated heterocycles. The Labute approximate surface area is 250 Å². The highest BCUT2D eigenvalue weighted by Gasteiger charge is 2.28. The molecule has 0 radical (unpaired) electrons. The van der Waals surface area contributed by atoms with Crippen molar-refractivity contribution < 1.29 is 30.6 Å². The smallest absolute Gasteiger partial charge is 0.167 e. The van der Waals surface area contributed by atoms with Crippen molar-refractivity contribution in [2.75, 3.05) is 0 Å². The van der Waals surface area contributed by atoms with Gasteiger partial charge in [-0.3, -0.25) is 4.99 Å². The van der Waals surface area contributed by atoms with Gasteiger partial charge < -0.3 is 30.6 Å². The van der Waals surface area contributed by atoms with Crippen LogP contribution in [0.3, 0.4) is 0 Å². The van der Waals surface area contributed by atoms with Crippen LogP contribution in [0.5, 0.6) is 34.5 Å². The minimum atomic E-state index is -0.389. The van der Waals surface area contributed by atoms with E-state index in [-0.39, 0.29) is 51.9 Å². The molecule has 0 aliphatic carbocycles. The molecule has 6 N–H and O–H groups in total. The zero-order valence-electron chi connectivity index (χ0n) is 25.2. The number of rotatable bonds is 6. The molecule has 0 aromatic heterocycles. The lowest BCUT2D eigenvalue weighted by atomic mass is 9.84. The second-order valence-corrected chi connectivity index (χ2v) is 11.8. The summed E-state index contributed by atoms with van der Waals surface area (Å²) in [5.41, 5.74) is 4.09. The van der Waals surface area contributed by atoms with Gasteiger partial charge in [-0.05, 0) is 59.2 Å². The second kappa shape index (κ2) is 11.1. The molecule has 7 heteroatoms. The Kier molecular flexibility index (Phi) is 7.61. The van der Waals surface area contributed by atoms with Gasteiger partial charge in [-0.25, -0.2) is 0 Å². The number of aliphatic imine (C=N–C) groups is 1. The molecule has 0 atom stereocenters. The van der Waals surface area contributed by atoms with Crippen molar-refractivity contribution >= 4 is 27.8 Å². The molecule has 5 rings (SSSR count). The van der Waals surface area contributed by atoms with Gasteiger partial charge in [-0.2, -0.15) is 0 Å². The van der Waals surface area contributed by atoms with Gasteiger partial charge in [0.05, 0.1) is 6.54 Å². The van der Waals surface area contributed by atoms with E-state index in [9.17, 15) is 30.6 Å². The number of phenols is 6. The zero-order chi connectivity index (χ0) is 31.3. The van der Waals surface area contributed by atoms with Crippen molar-refractivity contribution in [2.24, 2.45) is 4.99 Å². The van der Waals surface area contributed by atoms with E-state index in [1.165, 1.54) is 12.3 Å². The molecule has 0 aliphatic heterocycles. The lowest BCUT2D eigenvalue weighted by Gasteiger charge is -2.23. The Morgan fingerprint density at radius 3 is 1.79 bits per heavy atom. The summed E-state index contributed by atoms with van der Waals surface area (Å²) in [7, 11) is 0. The van der Waals surface area contributed by atoms with Crippen molar-refractivity contribution in [1.82, 2.24) is 0 Å². The van der Waals surface area contributed by atoms with E-state index in [0.29, 0.717) is 61.5 Å². The fourth-order valence-electron chi connectivity index (χ4n) is 6.19. The third kappa shape index (κ3) is 4.84. The van der Waals surface area contributed by atoms with Crippen LogP contribution < -0.4 is 0 Å². The van der Waals surface area contributed by atoms with Crippen molar-refractivity contribution in [3.63, 3.8) is 0 Å². The summed E-state index contributed by atoms with van der Waals surface area (Å²) >= 11 is 0. The van der Waals surface area contributed by atoms with E-state index in [0.717, 1.165) is 5.56 Å². The number of hydrogen-bond donors (Lipinski definition) is 6. The first-order chi connectivity index (χ1) is 20.3. The van der Waals surface area contributed by atoms with E-state index in [2.05, 4.69) is 4.99 Å². The molecule has 0 saturated carbocycles. The average molecular weight is 580 g/mol. The van der Waals surface area contributed by atoms with Crippen molar-refractivity contribution in [3.8, 4) is 45.6 Å². The van der Waals surface area contributed by atoms with Gasteiger partial charge in [0.1, 0.15) is 11.5 Å². The molecule has 0 aliphatic rings. The summed E-state index contributed by atoms with van der Waals surface area (Å²) in [5.74, 6) is -1.90. The minimum absolute atomic E-state index is 0.141. The quantitative estimate of drug-likeness (QED) is 0.0884. The van der Waals surface area contributed by atoms with Crippen LogP contribution in [-0.2, 0) is 6.54 Å². The normalized spacial score (nSPS) is 12.0. The van der Waals surface area contributed by atoms with Crippen molar-refractivity contribution in [2.45, 2.75) is 59.9 Å². The summed E-state index contributed by atoms with van der Waals surface area (Å²) in [6, 6.07) is 14.6. The Bertz CT molecular complexity index is 1920. The van der Waals surface area contributed by atoms with Crippen LogP contribution in [-0.4, -0.2) is 36.9 Å². The highest BCUT2D eigenvalue weighted by molar-refractivity contribution is 6.12. The summed E-state index contributed by atoms with van der Waals surface area (Å²) in [5, 5.41) is 68.9. The third-order valence-corrected chi connectivity index (χ3v) is 8.14. The molecule has 0 fully saturated rings. The fourth-order valence-corrected chi connectivity index (χ4v) is 6.19. The summed E-state index contributed by atoms with van der Waals surface area (Å²) in [6.07, 6.45) is 1.45. The van der Waals surface area contributed by atoms with Gasteiger partial charge in [0, 0.05) is 44.8 Å². The van der Waals surface area contributed by atoms with E-state index in [1.54, 1.807) is 0 Å². The predicted molar refractivity (Wildman–Crippen MR) is 172 cm³/mol. The predicted octanol–water partition coefficient (Wildman–Crippen LogP) is 8.38. The van der Waals surface area contributed by atoms with Gasteiger partial charge >= 0.3 is 0 Å². The number of benzene rings is 5. The number of aromatic hydroxyl groups is 6. The first kappa shape index (κ1) is 29.6. The molecule has 5 aromatic carbocycles. The SMILES string of the molecule is Cc1cc2c(C(C)C)c(O)c(O)cc2c(O)c1-c1c(C)cc2c(C(C)C)c(O)c(O)c(/C=N/Cc3ccccc3)c2c1O. The first-order valence-corrected chi connectivity index (χ1v) is 14.3. The van der Waals surface area contributed by atoms with E-state index < -0.39 is 0 Å². The molecule has 43 heavy (non-hydrogen) atoms. The average Bonchev–Trinajstić information content (AvgIpc) is 2.94. The minimum Gasteiger partial charge on any atom is -0.507 e. The lowest BCUT2D eigenvalue weighted by Crippen LogP contribution is -2.00. The van der Waals surface area contributed by atoms with Gasteiger partial charge in [0.25, 0.3) is 0 Å². The van der Waals surface area contributed by atoms with E-state index in [1.807, 2.05) is 84.0 Å². The van der Waals surface area contributed by atoms with Gasteiger partial charge in [0.15, 0.2) is 23.0 Å². The summed E-state index contributed by atoms with van der Waals surface area (Å²) in [6.45, 7) is 11.5.